The number of likely N-dealkylation sites (N-methyl/N-ethyl adjacent to an activating group) is 1. The van der Waals surface area contributed by atoms with Crippen molar-refractivity contribution in [2.45, 2.75) is 38.1 Å². The number of nitrogens with two attached hydrogens (primary N) is 1. The zero-order valence-electron chi connectivity index (χ0n) is 25.0. The van der Waals surface area contributed by atoms with Crippen LogP contribution in [0.5, 0.6) is 0 Å². The Morgan fingerprint density at radius 2 is 1.59 bits per heavy atom. The predicted molar refractivity (Wildman–Crippen MR) is 176 cm³/mol. The first kappa shape index (κ1) is 31.8. The Hall–Kier alpha value is -3.59. The molecule has 2 saturated heterocycles. The zero-order valence-corrected chi connectivity index (χ0v) is 26.5. The van der Waals surface area contributed by atoms with Crippen LogP contribution in [-0.4, -0.2) is 78.7 Å². The number of anilines is 1. The molecule has 8 nitrogen and oxygen atoms in total. The van der Waals surface area contributed by atoms with Gasteiger partial charge in [-0.25, -0.2) is 0 Å². The highest BCUT2D eigenvalue weighted by molar-refractivity contribution is 6.42. The number of hydrogen-bond donors (Lipinski definition) is 2. The Labute approximate surface area is 269 Å². The molecule has 2 fully saturated rings. The van der Waals surface area contributed by atoms with Gasteiger partial charge in [0.05, 0.1) is 29.1 Å². The molecule has 5 rings (SSSR count). The van der Waals surface area contributed by atoms with E-state index in [0.29, 0.717) is 21.8 Å². The van der Waals surface area contributed by atoms with Crippen LogP contribution in [0.4, 0.5) is 5.69 Å². The Morgan fingerprint density at radius 1 is 0.909 bits per heavy atom. The molecule has 10 heteroatoms. The van der Waals surface area contributed by atoms with Gasteiger partial charge in [-0.15, -0.1) is 0 Å². The van der Waals surface area contributed by atoms with E-state index in [1.165, 1.54) is 0 Å². The standard InChI is InChI=1S/C34H39Cl2N5O3/c1-39(32(43)21-38-29-14-13-28(35)33(36)27(29)20-31(37)42)30(22-40-15-2-3-16-40)24-11-9-23(10-12-24)25-7-6-8-26(19-25)34(44)41-17-4-5-18-41/h6-14,19,30,38H,2-5,15-18,20-22H2,1H3,(H2,37,42)/t30-/m0/s1. The minimum absolute atomic E-state index is 0.00659. The summed E-state index contributed by atoms with van der Waals surface area (Å²) >= 11 is 12.5. The Morgan fingerprint density at radius 3 is 2.27 bits per heavy atom. The number of benzene rings is 3. The molecule has 0 bridgehead atoms. The molecule has 3 aromatic carbocycles. The minimum atomic E-state index is -0.542. The number of halogens is 2. The van der Waals surface area contributed by atoms with Gasteiger partial charge in [0.2, 0.25) is 11.8 Å². The molecule has 3 amide bonds. The summed E-state index contributed by atoms with van der Waals surface area (Å²) in [5.41, 5.74) is 10.2. The largest absolute Gasteiger partial charge is 0.376 e. The topological polar surface area (TPSA) is 99.0 Å². The lowest BCUT2D eigenvalue weighted by Gasteiger charge is -2.32. The molecular formula is C34H39Cl2N5O3. The molecule has 3 N–H and O–H groups in total. The number of nitrogens with one attached hydrogen (secondary N) is 1. The van der Waals surface area contributed by atoms with Crippen LogP contribution in [0.2, 0.25) is 10.0 Å². The second kappa shape index (κ2) is 14.5. The van der Waals surface area contributed by atoms with Crippen molar-refractivity contribution in [3.63, 3.8) is 0 Å². The second-order valence-corrected chi connectivity index (χ2v) is 12.4. The number of nitrogens with zero attached hydrogens (tertiary/aromatic N) is 3. The Balaban J connectivity index is 1.33. The lowest BCUT2D eigenvalue weighted by Crippen LogP contribution is -2.41. The van der Waals surface area contributed by atoms with E-state index in [1.807, 2.05) is 36.2 Å². The fourth-order valence-corrected chi connectivity index (χ4v) is 6.48. The van der Waals surface area contributed by atoms with Crippen molar-refractivity contribution in [1.29, 1.82) is 0 Å². The third-order valence-electron chi connectivity index (χ3n) is 8.60. The fraction of sp³-hybridized carbons (Fsp3) is 0.382. The van der Waals surface area contributed by atoms with Gasteiger partial charge in [0.1, 0.15) is 0 Å². The highest BCUT2D eigenvalue weighted by atomic mass is 35.5. The van der Waals surface area contributed by atoms with E-state index in [9.17, 15) is 14.4 Å². The molecule has 0 radical (unpaired) electrons. The summed E-state index contributed by atoms with van der Waals surface area (Å²) in [5, 5.41) is 3.71. The summed E-state index contributed by atoms with van der Waals surface area (Å²) in [6.07, 6.45) is 4.33. The number of amides is 3. The third-order valence-corrected chi connectivity index (χ3v) is 9.44. The van der Waals surface area contributed by atoms with Crippen LogP contribution in [0.15, 0.2) is 60.7 Å². The number of hydrogen-bond acceptors (Lipinski definition) is 5. The van der Waals surface area contributed by atoms with Crippen molar-refractivity contribution in [1.82, 2.24) is 14.7 Å². The van der Waals surface area contributed by atoms with Crippen LogP contribution in [0.3, 0.4) is 0 Å². The number of carbonyl (C=O) groups excluding carboxylic acids is 3. The molecule has 0 aromatic heterocycles. The van der Waals surface area contributed by atoms with E-state index in [2.05, 4.69) is 34.5 Å². The van der Waals surface area contributed by atoms with E-state index in [0.717, 1.165) is 75.1 Å². The first-order valence-corrected chi connectivity index (χ1v) is 15.9. The Kier molecular flexibility index (Phi) is 10.5. The molecule has 2 aliphatic heterocycles. The lowest BCUT2D eigenvalue weighted by molar-refractivity contribution is -0.130. The fourth-order valence-electron chi connectivity index (χ4n) is 6.07. The first-order chi connectivity index (χ1) is 21.2. The van der Waals surface area contributed by atoms with E-state index < -0.39 is 5.91 Å². The molecule has 2 aliphatic rings. The molecule has 232 valence electrons. The summed E-state index contributed by atoms with van der Waals surface area (Å²) in [6.45, 7) is 4.38. The Bertz CT molecular complexity index is 1500. The van der Waals surface area contributed by atoms with Crippen LogP contribution in [0.25, 0.3) is 11.1 Å². The maximum atomic E-state index is 13.5. The number of carbonyl (C=O) groups is 3. The first-order valence-electron chi connectivity index (χ1n) is 15.2. The summed E-state index contributed by atoms with van der Waals surface area (Å²) < 4.78 is 0. The highest BCUT2D eigenvalue weighted by Gasteiger charge is 2.26. The normalized spacial score (nSPS) is 15.8. The van der Waals surface area contributed by atoms with Crippen molar-refractivity contribution in [2.24, 2.45) is 5.73 Å². The van der Waals surface area contributed by atoms with Gasteiger partial charge in [-0.1, -0.05) is 59.6 Å². The van der Waals surface area contributed by atoms with Crippen molar-refractivity contribution in [2.75, 3.05) is 51.6 Å². The van der Waals surface area contributed by atoms with Crippen LogP contribution >= 0.6 is 23.2 Å². The number of primary amides is 1. The van der Waals surface area contributed by atoms with E-state index in [-0.39, 0.29) is 35.8 Å². The highest BCUT2D eigenvalue weighted by Crippen LogP contribution is 2.32. The molecular weight excluding hydrogens is 597 g/mol. The van der Waals surface area contributed by atoms with Gasteiger partial charge >= 0.3 is 0 Å². The van der Waals surface area contributed by atoms with Crippen LogP contribution < -0.4 is 11.1 Å². The summed E-state index contributed by atoms with van der Waals surface area (Å²) in [7, 11) is 1.82. The molecule has 0 unspecified atom stereocenters. The van der Waals surface area contributed by atoms with E-state index in [1.54, 1.807) is 17.0 Å². The van der Waals surface area contributed by atoms with Crippen molar-refractivity contribution in [3.05, 3.63) is 87.4 Å². The molecule has 0 saturated carbocycles. The summed E-state index contributed by atoms with van der Waals surface area (Å²) in [4.78, 5) is 44.3. The van der Waals surface area contributed by atoms with Gasteiger partial charge in [0, 0.05) is 43.5 Å². The quantitative estimate of drug-likeness (QED) is 0.284. The lowest BCUT2D eigenvalue weighted by atomic mass is 9.98. The molecule has 2 heterocycles. The SMILES string of the molecule is CN(C(=O)CNc1ccc(Cl)c(Cl)c1CC(N)=O)[C@@H](CN1CCCC1)c1ccc(-c2cccc(C(=O)N3CCCC3)c2)cc1. The van der Waals surface area contributed by atoms with Crippen molar-refractivity contribution >= 4 is 46.6 Å². The van der Waals surface area contributed by atoms with Gasteiger partial charge in [-0.05, 0) is 79.7 Å². The van der Waals surface area contributed by atoms with Gasteiger partial charge in [-0.2, -0.15) is 0 Å². The molecule has 0 spiro atoms. The maximum absolute atomic E-state index is 13.5. The average Bonchev–Trinajstić information content (AvgIpc) is 3.76. The number of rotatable bonds is 11. The van der Waals surface area contributed by atoms with Crippen molar-refractivity contribution in [3.8, 4) is 11.1 Å². The maximum Gasteiger partial charge on any atom is 0.253 e. The summed E-state index contributed by atoms with van der Waals surface area (Å²) in [5.74, 6) is -0.565. The van der Waals surface area contributed by atoms with Crippen molar-refractivity contribution < 1.29 is 14.4 Å². The van der Waals surface area contributed by atoms with Crippen LogP contribution in [0.1, 0.15) is 53.2 Å². The smallest absolute Gasteiger partial charge is 0.253 e. The van der Waals surface area contributed by atoms with Gasteiger partial charge < -0.3 is 25.8 Å². The molecule has 44 heavy (non-hydrogen) atoms. The molecule has 3 aromatic rings. The van der Waals surface area contributed by atoms with Crippen LogP contribution in [-0.2, 0) is 16.0 Å². The van der Waals surface area contributed by atoms with Crippen LogP contribution in [0, 0.1) is 0 Å². The van der Waals surface area contributed by atoms with E-state index >= 15 is 0 Å². The monoisotopic (exact) mass is 635 g/mol. The second-order valence-electron chi connectivity index (χ2n) is 11.6. The number of likely N-dealkylation sites (tertiary alicyclic amines) is 2. The minimum Gasteiger partial charge on any atom is -0.376 e. The zero-order chi connectivity index (χ0) is 31.2. The van der Waals surface area contributed by atoms with Gasteiger partial charge in [0.15, 0.2) is 0 Å². The van der Waals surface area contributed by atoms with E-state index in [4.69, 9.17) is 28.9 Å². The van der Waals surface area contributed by atoms with Gasteiger partial charge in [0.25, 0.3) is 5.91 Å². The van der Waals surface area contributed by atoms with Gasteiger partial charge in [-0.3, -0.25) is 14.4 Å². The molecule has 1 atom stereocenters. The predicted octanol–water partition coefficient (Wildman–Crippen LogP) is 5.63. The molecule has 0 aliphatic carbocycles. The summed E-state index contributed by atoms with van der Waals surface area (Å²) in [6, 6.07) is 19.2. The average molecular weight is 637 g/mol. The third kappa shape index (κ3) is 7.54.